The van der Waals surface area contributed by atoms with Crippen LogP contribution in [-0.2, 0) is 26.2 Å². The maximum atomic E-state index is 11.7. The Kier molecular flexibility index (Phi) is 9.53. The van der Waals surface area contributed by atoms with Gasteiger partial charge in [0, 0.05) is 36.8 Å². The van der Waals surface area contributed by atoms with Crippen molar-refractivity contribution in [2.24, 2.45) is 5.92 Å². The number of rotatable bonds is 10. The van der Waals surface area contributed by atoms with E-state index in [1.807, 2.05) is 12.1 Å². The molecule has 1 aromatic carbocycles. The summed E-state index contributed by atoms with van der Waals surface area (Å²) in [4.78, 5) is 25.7. The molecular formula is C31H46N2O5. The fourth-order valence-electron chi connectivity index (χ4n) is 6.86. The van der Waals surface area contributed by atoms with Gasteiger partial charge in [0.05, 0.1) is 0 Å². The lowest BCUT2D eigenvalue weighted by Crippen LogP contribution is -2.65. The predicted molar refractivity (Wildman–Crippen MR) is 149 cm³/mol. The summed E-state index contributed by atoms with van der Waals surface area (Å²) >= 11 is 0. The highest BCUT2D eigenvalue weighted by atomic mass is 16.6. The van der Waals surface area contributed by atoms with Gasteiger partial charge >= 0.3 is 11.9 Å². The number of nitrogens with one attached hydrogen (secondary N) is 1. The number of piperidine rings is 1. The van der Waals surface area contributed by atoms with Crippen LogP contribution in [0.3, 0.4) is 0 Å². The minimum atomic E-state index is -0.439. The van der Waals surface area contributed by atoms with Gasteiger partial charge in [-0.05, 0) is 70.1 Å². The fourth-order valence-corrected chi connectivity index (χ4v) is 6.86. The first-order valence-electron chi connectivity index (χ1n) is 14.6. The van der Waals surface area contributed by atoms with E-state index in [0.717, 1.165) is 24.9 Å². The van der Waals surface area contributed by atoms with Crippen LogP contribution in [0.4, 0.5) is 0 Å². The average molecular weight is 527 g/mol. The maximum Gasteiger partial charge on any atom is 0.308 e. The quantitative estimate of drug-likeness (QED) is 0.200. The molecule has 210 valence electrons. The summed E-state index contributed by atoms with van der Waals surface area (Å²) in [5.41, 5.74) is 2.15. The minimum Gasteiger partial charge on any atom is -0.481 e. The summed E-state index contributed by atoms with van der Waals surface area (Å²) in [5.74, 6) is 0.712. The number of carbonyl (C=O) groups is 2. The molecule has 2 aliphatic heterocycles. The molecule has 0 amide bonds. The van der Waals surface area contributed by atoms with Gasteiger partial charge < -0.3 is 24.4 Å². The molecule has 5 atom stereocenters. The highest BCUT2D eigenvalue weighted by molar-refractivity contribution is 5.73. The first-order valence-corrected chi connectivity index (χ1v) is 14.6. The highest BCUT2D eigenvalue weighted by Crippen LogP contribution is 2.62. The van der Waals surface area contributed by atoms with E-state index in [0.29, 0.717) is 17.5 Å². The van der Waals surface area contributed by atoms with Crippen LogP contribution < -0.4 is 14.8 Å². The number of nitrogens with zero attached hydrogens (tertiary/aromatic N) is 1. The summed E-state index contributed by atoms with van der Waals surface area (Å²) in [6, 6.07) is 4.28. The molecule has 0 radical (unpaired) electrons. The molecule has 2 bridgehead atoms. The summed E-state index contributed by atoms with van der Waals surface area (Å²) in [5, 5.41) is 3.46. The number of carbonyl (C=O) groups excluding carboxylic acids is 2. The number of hydrogen-bond donors (Lipinski definition) is 1. The van der Waals surface area contributed by atoms with Crippen molar-refractivity contribution in [3.63, 3.8) is 0 Å². The Labute approximate surface area is 228 Å². The first kappa shape index (κ1) is 28.6. The lowest BCUT2D eigenvalue weighted by Gasteiger charge is -2.56. The Morgan fingerprint density at radius 2 is 1.76 bits per heavy atom. The number of benzene rings is 1. The van der Waals surface area contributed by atoms with Crippen molar-refractivity contribution in [3.05, 3.63) is 35.4 Å². The molecule has 1 aromatic rings. The van der Waals surface area contributed by atoms with Crippen molar-refractivity contribution in [1.29, 1.82) is 0 Å². The van der Waals surface area contributed by atoms with Crippen LogP contribution in [0, 0.1) is 5.92 Å². The van der Waals surface area contributed by atoms with Crippen molar-refractivity contribution in [3.8, 4) is 11.5 Å². The second kappa shape index (κ2) is 12.6. The van der Waals surface area contributed by atoms with Crippen molar-refractivity contribution in [1.82, 2.24) is 10.2 Å². The van der Waals surface area contributed by atoms with Crippen LogP contribution in [-0.4, -0.2) is 61.8 Å². The van der Waals surface area contributed by atoms with E-state index >= 15 is 0 Å². The third kappa shape index (κ3) is 5.64. The highest BCUT2D eigenvalue weighted by Gasteiger charge is 2.65. The normalized spacial score (nSPS) is 28.0. The molecule has 5 rings (SSSR count). The third-order valence-corrected chi connectivity index (χ3v) is 8.59. The molecule has 1 saturated heterocycles. The molecule has 1 N–H and O–H groups in total. The van der Waals surface area contributed by atoms with Gasteiger partial charge in [0.15, 0.2) is 17.6 Å². The molecular weight excluding hydrogens is 480 g/mol. The average Bonchev–Trinajstić information content (AvgIpc) is 3.23. The van der Waals surface area contributed by atoms with Crippen LogP contribution in [0.25, 0.3) is 0 Å². The minimum absolute atomic E-state index is 0.245. The van der Waals surface area contributed by atoms with Gasteiger partial charge in [-0.2, -0.15) is 0 Å². The molecule has 7 nitrogen and oxygen atoms in total. The van der Waals surface area contributed by atoms with E-state index in [-0.39, 0.29) is 29.4 Å². The Morgan fingerprint density at radius 1 is 1.05 bits per heavy atom. The van der Waals surface area contributed by atoms with Gasteiger partial charge in [0.25, 0.3) is 0 Å². The van der Waals surface area contributed by atoms with E-state index in [1.54, 1.807) is 0 Å². The number of hydrogen-bond acceptors (Lipinski definition) is 7. The lowest BCUT2D eigenvalue weighted by atomic mass is 9.53. The number of unbranched alkanes of at least 4 members (excludes halogenated alkanes) is 4. The van der Waals surface area contributed by atoms with Gasteiger partial charge in [-0.15, -0.1) is 0 Å². The largest absolute Gasteiger partial charge is 0.481 e. The Hall–Kier alpha value is -2.38. The molecule has 38 heavy (non-hydrogen) atoms. The fraction of sp³-hybridized carbons (Fsp3) is 0.677. The zero-order chi connectivity index (χ0) is 27.3. The van der Waals surface area contributed by atoms with Gasteiger partial charge in [-0.3, -0.25) is 9.59 Å². The number of likely N-dealkylation sites (tertiary alicyclic amines) is 1. The number of likely N-dealkylation sites (N-methyl/N-ethyl adjacent to an activating group) is 1. The van der Waals surface area contributed by atoms with Gasteiger partial charge in [0.1, 0.15) is 6.10 Å². The zero-order valence-electron chi connectivity index (χ0n) is 23.9. The molecule has 2 heterocycles. The third-order valence-electron chi connectivity index (χ3n) is 8.59. The van der Waals surface area contributed by atoms with Gasteiger partial charge in [0.2, 0.25) is 0 Å². The molecule has 2 aliphatic carbocycles. The smallest absolute Gasteiger partial charge is 0.308 e. The maximum absolute atomic E-state index is 11.7. The van der Waals surface area contributed by atoms with Gasteiger partial charge in [-0.1, -0.05) is 51.7 Å². The van der Waals surface area contributed by atoms with Crippen LogP contribution in [0.1, 0.15) is 83.8 Å². The van der Waals surface area contributed by atoms with Crippen molar-refractivity contribution >= 4 is 11.9 Å². The molecule has 1 fully saturated rings. The van der Waals surface area contributed by atoms with E-state index in [1.165, 1.54) is 71.0 Å². The van der Waals surface area contributed by atoms with Gasteiger partial charge in [-0.25, -0.2) is 0 Å². The van der Waals surface area contributed by atoms with Crippen LogP contribution in [0.5, 0.6) is 11.5 Å². The summed E-state index contributed by atoms with van der Waals surface area (Å²) in [6.45, 7) is 10.7. The van der Waals surface area contributed by atoms with Crippen LogP contribution in [0.2, 0.25) is 0 Å². The van der Waals surface area contributed by atoms with Crippen molar-refractivity contribution in [2.75, 3.05) is 26.7 Å². The van der Waals surface area contributed by atoms with E-state index in [9.17, 15) is 9.59 Å². The molecule has 1 spiro atoms. The zero-order valence-corrected chi connectivity index (χ0v) is 23.9. The van der Waals surface area contributed by atoms with E-state index in [2.05, 4.69) is 43.3 Å². The van der Waals surface area contributed by atoms with E-state index in [4.69, 9.17) is 14.2 Å². The monoisotopic (exact) mass is 526 g/mol. The second-order valence-electron chi connectivity index (χ2n) is 11.3. The summed E-state index contributed by atoms with van der Waals surface area (Å²) < 4.78 is 17.5. The van der Waals surface area contributed by atoms with E-state index < -0.39 is 6.10 Å². The predicted octanol–water partition coefficient (Wildman–Crippen LogP) is 4.95. The molecule has 0 unspecified atom stereocenters. The molecule has 7 heteroatoms. The topological polar surface area (TPSA) is 77.1 Å². The number of ether oxygens (including phenoxy) is 3. The van der Waals surface area contributed by atoms with Crippen molar-refractivity contribution < 1.29 is 23.8 Å². The molecule has 4 aliphatic rings. The lowest BCUT2D eigenvalue weighted by molar-refractivity contribution is -0.152. The molecule has 0 saturated carbocycles. The second-order valence-corrected chi connectivity index (χ2v) is 11.3. The Morgan fingerprint density at radius 3 is 2.39 bits per heavy atom. The van der Waals surface area contributed by atoms with Crippen LogP contribution >= 0.6 is 0 Å². The van der Waals surface area contributed by atoms with Crippen LogP contribution in [0.15, 0.2) is 24.3 Å². The van der Waals surface area contributed by atoms with Crippen molar-refractivity contribution in [2.45, 2.75) is 103 Å². The first-order chi connectivity index (χ1) is 18.3. The summed E-state index contributed by atoms with van der Waals surface area (Å²) in [7, 11) is 2.17. The number of esters is 2. The Balaban J connectivity index is 0.000000261. The standard InChI is InChI=1S/C21H23NO5.C10H23N/c1-11(23)25-16-6-4-13-10-15-14-5-7-17(26-12(2)24)20-21(14,8-9-22(15)3)18(13)19(16)27-20;1-3-5-7-9-11-10-8-6-4-2/h4-7,14-15,17,20H,8-10H2,1-3H3;11H,3-10H2,1-2H3/t14-,15+,17-,20-,21-;/m0./s1. The molecule has 0 aromatic heterocycles. The summed E-state index contributed by atoms with van der Waals surface area (Å²) in [6.07, 6.45) is 13.4. The SMILES string of the molecule is CC(=O)Oc1ccc2c3c1O[C@H]1[C@@H](OC(C)=O)C=C[C@H]4[C@@H](C2)N(C)CC[C@@]341.CCCCCNCCCCC. The Bertz CT molecular complexity index is 1020.